The summed E-state index contributed by atoms with van der Waals surface area (Å²) < 4.78 is 5.70. The molecular formula is C22H24O6S. The van der Waals surface area contributed by atoms with Crippen LogP contribution in [0.3, 0.4) is 0 Å². The zero-order valence-electron chi connectivity index (χ0n) is 15.7. The van der Waals surface area contributed by atoms with Crippen molar-refractivity contribution in [3.63, 3.8) is 0 Å². The summed E-state index contributed by atoms with van der Waals surface area (Å²) in [7, 11) is 0. The molecule has 1 aliphatic rings. The van der Waals surface area contributed by atoms with E-state index in [4.69, 9.17) is 4.74 Å². The van der Waals surface area contributed by atoms with E-state index in [2.05, 4.69) is 17.5 Å². The molecule has 1 fully saturated rings. The molecule has 6 nitrogen and oxygen atoms in total. The highest BCUT2D eigenvalue weighted by Crippen LogP contribution is 2.35. The standard InChI is InChI=1S/C22H24O6S/c23-9-13-6-5-12(8-18-15-4-2-1-3-14(15)11-29-18)7-16(13)22-21(27)20(26)19(25)17(10-24)28-22/h1-7,11,17,19-27H,8-10H2/t17-,19-,20+,21-,22+/m1/s1. The SMILES string of the molecule is OCc1ccc(Cc2scc3ccccc23)cc1[C@@H]1O[C@H](CO)[C@@H](O)[C@H](O)[C@H]1O. The zero-order chi connectivity index (χ0) is 20.5. The minimum Gasteiger partial charge on any atom is -0.394 e. The maximum Gasteiger partial charge on any atom is 0.113 e. The molecule has 4 rings (SSSR count). The molecule has 29 heavy (non-hydrogen) atoms. The fourth-order valence-corrected chi connectivity index (χ4v) is 4.93. The molecule has 2 aromatic carbocycles. The Hall–Kier alpha value is -1.84. The highest BCUT2D eigenvalue weighted by atomic mass is 32.1. The summed E-state index contributed by atoms with van der Waals surface area (Å²) in [5.74, 6) is 0. The van der Waals surface area contributed by atoms with E-state index in [1.54, 1.807) is 17.4 Å². The number of rotatable bonds is 5. The lowest BCUT2D eigenvalue weighted by atomic mass is 9.88. The molecule has 0 bridgehead atoms. The monoisotopic (exact) mass is 416 g/mol. The van der Waals surface area contributed by atoms with Gasteiger partial charge in [0.15, 0.2) is 0 Å². The molecule has 1 saturated heterocycles. The van der Waals surface area contributed by atoms with Crippen LogP contribution in [0.15, 0.2) is 47.8 Å². The molecule has 0 saturated carbocycles. The number of aliphatic hydroxyl groups is 5. The first kappa shape index (κ1) is 20.4. The minimum atomic E-state index is -1.46. The van der Waals surface area contributed by atoms with Crippen LogP contribution < -0.4 is 0 Å². The molecular weight excluding hydrogens is 392 g/mol. The third kappa shape index (κ3) is 3.83. The van der Waals surface area contributed by atoms with Gasteiger partial charge in [0.2, 0.25) is 0 Å². The van der Waals surface area contributed by atoms with Gasteiger partial charge in [-0.3, -0.25) is 0 Å². The topological polar surface area (TPSA) is 110 Å². The number of hydrogen-bond donors (Lipinski definition) is 5. The van der Waals surface area contributed by atoms with Crippen molar-refractivity contribution in [2.75, 3.05) is 6.61 Å². The van der Waals surface area contributed by atoms with Crippen molar-refractivity contribution >= 4 is 22.1 Å². The van der Waals surface area contributed by atoms with Gasteiger partial charge in [0, 0.05) is 11.3 Å². The largest absolute Gasteiger partial charge is 0.394 e. The summed E-state index contributed by atoms with van der Waals surface area (Å²) in [6.07, 6.45) is -5.53. The lowest BCUT2D eigenvalue weighted by molar-refractivity contribution is -0.232. The fraction of sp³-hybridized carbons (Fsp3) is 0.364. The maximum absolute atomic E-state index is 10.5. The van der Waals surface area contributed by atoms with E-state index in [0.29, 0.717) is 17.5 Å². The van der Waals surface area contributed by atoms with Crippen LogP contribution >= 0.6 is 11.3 Å². The Morgan fingerprint density at radius 1 is 0.931 bits per heavy atom. The quantitative estimate of drug-likeness (QED) is 0.431. The first-order valence-electron chi connectivity index (χ1n) is 9.51. The van der Waals surface area contributed by atoms with E-state index in [1.807, 2.05) is 24.3 Å². The molecule has 5 N–H and O–H groups in total. The van der Waals surface area contributed by atoms with Crippen LogP contribution in [0.1, 0.15) is 27.7 Å². The van der Waals surface area contributed by atoms with Gasteiger partial charge in [-0.15, -0.1) is 11.3 Å². The lowest BCUT2D eigenvalue weighted by Gasteiger charge is -2.40. The summed E-state index contributed by atoms with van der Waals surface area (Å²) in [6, 6.07) is 13.7. The Bertz CT molecular complexity index is 984. The Labute approximate surface area is 172 Å². The highest BCUT2D eigenvalue weighted by molar-refractivity contribution is 7.11. The van der Waals surface area contributed by atoms with Gasteiger partial charge < -0.3 is 30.3 Å². The van der Waals surface area contributed by atoms with Crippen molar-refractivity contribution < 1.29 is 30.3 Å². The molecule has 0 radical (unpaired) electrons. The number of hydrogen-bond acceptors (Lipinski definition) is 7. The van der Waals surface area contributed by atoms with Crippen LogP contribution in [0.5, 0.6) is 0 Å². The van der Waals surface area contributed by atoms with E-state index in [1.165, 1.54) is 15.6 Å². The molecule has 0 spiro atoms. The van der Waals surface area contributed by atoms with E-state index in [9.17, 15) is 25.5 Å². The average Bonchev–Trinajstić information content (AvgIpc) is 3.15. The second-order valence-electron chi connectivity index (χ2n) is 7.36. The van der Waals surface area contributed by atoms with Crippen molar-refractivity contribution in [1.82, 2.24) is 0 Å². The minimum absolute atomic E-state index is 0.257. The van der Waals surface area contributed by atoms with Crippen LogP contribution in [0.25, 0.3) is 10.8 Å². The van der Waals surface area contributed by atoms with Gasteiger partial charge in [-0.05, 0) is 32.8 Å². The number of fused-ring (bicyclic) bond motifs is 1. The zero-order valence-corrected chi connectivity index (χ0v) is 16.5. The average molecular weight is 416 g/mol. The first-order chi connectivity index (χ1) is 14.0. The van der Waals surface area contributed by atoms with Gasteiger partial charge in [-0.25, -0.2) is 0 Å². The van der Waals surface area contributed by atoms with E-state index in [-0.39, 0.29) is 6.61 Å². The van der Waals surface area contributed by atoms with Gasteiger partial charge in [-0.2, -0.15) is 0 Å². The molecule has 0 aliphatic carbocycles. The van der Waals surface area contributed by atoms with E-state index >= 15 is 0 Å². The molecule has 7 heteroatoms. The van der Waals surface area contributed by atoms with Crippen molar-refractivity contribution in [2.45, 2.75) is 43.5 Å². The van der Waals surface area contributed by atoms with E-state index < -0.39 is 37.1 Å². The van der Waals surface area contributed by atoms with Crippen molar-refractivity contribution in [3.05, 3.63) is 69.4 Å². The first-order valence-corrected chi connectivity index (χ1v) is 10.4. The maximum atomic E-state index is 10.5. The van der Waals surface area contributed by atoms with Crippen LogP contribution in [0.4, 0.5) is 0 Å². The molecule has 3 aromatic rings. The van der Waals surface area contributed by atoms with Crippen LogP contribution in [0.2, 0.25) is 0 Å². The second kappa shape index (κ2) is 8.49. The Morgan fingerprint density at radius 3 is 2.48 bits per heavy atom. The summed E-state index contributed by atoms with van der Waals surface area (Å²) in [5.41, 5.74) is 2.08. The molecule has 154 valence electrons. The van der Waals surface area contributed by atoms with E-state index in [0.717, 1.165) is 5.56 Å². The predicted molar refractivity (Wildman–Crippen MR) is 110 cm³/mol. The van der Waals surface area contributed by atoms with Gasteiger partial charge in [0.05, 0.1) is 13.2 Å². The molecule has 0 unspecified atom stereocenters. The second-order valence-corrected chi connectivity index (χ2v) is 8.33. The molecule has 5 atom stereocenters. The summed E-state index contributed by atoms with van der Waals surface area (Å²) in [5, 5.41) is 54.4. The third-order valence-electron chi connectivity index (χ3n) is 5.53. The number of ether oxygens (including phenoxy) is 1. The molecule has 1 aliphatic heterocycles. The summed E-state index contributed by atoms with van der Waals surface area (Å²) in [4.78, 5) is 1.21. The summed E-state index contributed by atoms with van der Waals surface area (Å²) >= 11 is 1.68. The summed E-state index contributed by atoms with van der Waals surface area (Å²) in [6.45, 7) is -0.747. The van der Waals surface area contributed by atoms with Crippen molar-refractivity contribution in [1.29, 1.82) is 0 Å². The van der Waals surface area contributed by atoms with Gasteiger partial charge in [0.1, 0.15) is 30.5 Å². The van der Waals surface area contributed by atoms with Gasteiger partial charge in [0.25, 0.3) is 0 Å². The third-order valence-corrected chi connectivity index (χ3v) is 6.55. The Balaban J connectivity index is 1.68. The Morgan fingerprint density at radius 2 is 1.72 bits per heavy atom. The van der Waals surface area contributed by atoms with Crippen molar-refractivity contribution in [3.8, 4) is 0 Å². The normalized spacial score (nSPS) is 27.4. The predicted octanol–water partition coefficient (Wildman–Crippen LogP) is 1.50. The van der Waals surface area contributed by atoms with Crippen LogP contribution in [-0.2, 0) is 17.8 Å². The van der Waals surface area contributed by atoms with Crippen LogP contribution in [0, 0.1) is 0 Å². The molecule has 2 heterocycles. The van der Waals surface area contributed by atoms with Gasteiger partial charge >= 0.3 is 0 Å². The smallest absolute Gasteiger partial charge is 0.113 e. The van der Waals surface area contributed by atoms with Crippen molar-refractivity contribution in [2.24, 2.45) is 0 Å². The number of thiophene rings is 1. The molecule has 1 aromatic heterocycles. The van der Waals surface area contributed by atoms with Gasteiger partial charge in [-0.1, -0.05) is 42.5 Å². The highest BCUT2D eigenvalue weighted by Gasteiger charge is 2.44. The Kier molecular flexibility index (Phi) is 5.98. The fourth-order valence-electron chi connectivity index (χ4n) is 3.90. The number of benzene rings is 2. The van der Waals surface area contributed by atoms with Crippen LogP contribution in [-0.4, -0.2) is 56.6 Å². The molecule has 0 amide bonds. The lowest BCUT2D eigenvalue weighted by Crippen LogP contribution is -2.55. The number of aliphatic hydroxyl groups excluding tert-OH is 5.